The van der Waals surface area contributed by atoms with E-state index in [9.17, 15) is 0 Å². The highest BCUT2D eigenvalue weighted by Gasteiger charge is 2.36. The summed E-state index contributed by atoms with van der Waals surface area (Å²) in [7, 11) is 1.80. The topological polar surface area (TPSA) is 12.5 Å². The SMILES string of the molecule is CCCCC1(CCCC)CSc2cc(OC)c(CC)cc2N(c2ccccc2)C1. The molecule has 1 aliphatic heterocycles. The van der Waals surface area contributed by atoms with Crippen molar-refractivity contribution in [1.82, 2.24) is 0 Å². The Balaban J connectivity index is 2.09. The van der Waals surface area contributed by atoms with Crippen LogP contribution in [-0.4, -0.2) is 19.4 Å². The zero-order chi connectivity index (χ0) is 20.7. The van der Waals surface area contributed by atoms with E-state index >= 15 is 0 Å². The molecule has 1 heterocycles. The van der Waals surface area contributed by atoms with Crippen molar-refractivity contribution in [3.8, 4) is 5.75 Å². The highest BCUT2D eigenvalue weighted by molar-refractivity contribution is 7.99. The Morgan fingerprint density at radius 1 is 1.00 bits per heavy atom. The molecule has 3 rings (SSSR count). The van der Waals surface area contributed by atoms with E-state index in [1.165, 1.54) is 66.1 Å². The van der Waals surface area contributed by atoms with Gasteiger partial charge in [-0.15, -0.1) is 11.8 Å². The first-order valence-corrected chi connectivity index (χ1v) is 12.3. The number of aryl methyl sites for hydroxylation is 1. The molecule has 1 aliphatic rings. The van der Waals surface area contributed by atoms with E-state index < -0.39 is 0 Å². The van der Waals surface area contributed by atoms with Crippen LogP contribution in [0.25, 0.3) is 0 Å². The minimum Gasteiger partial charge on any atom is -0.496 e. The summed E-state index contributed by atoms with van der Waals surface area (Å²) >= 11 is 2.04. The third-order valence-corrected chi connectivity index (χ3v) is 7.64. The van der Waals surface area contributed by atoms with Crippen molar-refractivity contribution in [2.45, 2.75) is 70.6 Å². The molecular weight excluding hydrogens is 374 g/mol. The molecule has 2 aromatic rings. The van der Waals surface area contributed by atoms with E-state index in [0.717, 1.165) is 18.7 Å². The number of ether oxygens (including phenoxy) is 1. The Bertz CT molecular complexity index is 766. The summed E-state index contributed by atoms with van der Waals surface area (Å²) in [5, 5.41) is 0. The highest BCUT2D eigenvalue weighted by Crippen LogP contribution is 2.48. The fraction of sp³-hybridized carbons (Fsp3) is 0.538. The van der Waals surface area contributed by atoms with Gasteiger partial charge in [-0.2, -0.15) is 0 Å². The molecule has 0 aromatic heterocycles. The third-order valence-electron chi connectivity index (χ3n) is 6.25. The van der Waals surface area contributed by atoms with Gasteiger partial charge >= 0.3 is 0 Å². The molecule has 0 saturated carbocycles. The van der Waals surface area contributed by atoms with E-state index in [4.69, 9.17) is 4.74 Å². The van der Waals surface area contributed by atoms with Gasteiger partial charge in [0.15, 0.2) is 0 Å². The molecule has 0 spiro atoms. The molecule has 158 valence electrons. The summed E-state index contributed by atoms with van der Waals surface area (Å²) in [6, 6.07) is 15.6. The lowest BCUT2D eigenvalue weighted by Gasteiger charge is -2.37. The minimum atomic E-state index is 0.352. The number of benzene rings is 2. The van der Waals surface area contributed by atoms with Gasteiger partial charge in [-0.3, -0.25) is 0 Å². The Kier molecular flexibility index (Phi) is 7.94. The molecule has 0 radical (unpaired) electrons. The van der Waals surface area contributed by atoms with E-state index in [2.05, 4.69) is 68.1 Å². The number of fused-ring (bicyclic) bond motifs is 1. The summed E-state index contributed by atoms with van der Waals surface area (Å²) in [5.41, 5.74) is 4.31. The van der Waals surface area contributed by atoms with Gasteiger partial charge in [0.25, 0.3) is 0 Å². The first-order chi connectivity index (χ1) is 14.2. The van der Waals surface area contributed by atoms with Gasteiger partial charge in [-0.05, 0) is 54.5 Å². The van der Waals surface area contributed by atoms with Gasteiger partial charge < -0.3 is 9.64 Å². The third kappa shape index (κ3) is 5.12. The molecule has 0 atom stereocenters. The maximum Gasteiger partial charge on any atom is 0.123 e. The predicted octanol–water partition coefficient (Wildman–Crippen LogP) is 7.87. The largest absolute Gasteiger partial charge is 0.496 e. The number of hydrogen-bond donors (Lipinski definition) is 0. The van der Waals surface area contributed by atoms with Crippen LogP contribution in [0.1, 0.15) is 64.9 Å². The number of unbranched alkanes of at least 4 members (excludes halogenated alkanes) is 2. The van der Waals surface area contributed by atoms with Crippen LogP contribution < -0.4 is 9.64 Å². The summed E-state index contributed by atoms with van der Waals surface area (Å²) < 4.78 is 5.73. The van der Waals surface area contributed by atoms with Gasteiger partial charge in [0.1, 0.15) is 5.75 Å². The summed E-state index contributed by atoms with van der Waals surface area (Å²) in [6.45, 7) is 7.96. The van der Waals surface area contributed by atoms with Crippen LogP contribution in [-0.2, 0) is 6.42 Å². The lowest BCUT2D eigenvalue weighted by atomic mass is 9.79. The molecule has 2 aromatic carbocycles. The van der Waals surface area contributed by atoms with Gasteiger partial charge in [-0.25, -0.2) is 0 Å². The van der Waals surface area contributed by atoms with Gasteiger partial charge in [0.05, 0.1) is 12.8 Å². The molecule has 3 heteroatoms. The van der Waals surface area contributed by atoms with Crippen LogP contribution in [0.15, 0.2) is 47.4 Å². The second-order valence-corrected chi connectivity index (χ2v) is 9.42. The predicted molar refractivity (Wildman–Crippen MR) is 128 cm³/mol. The average molecular weight is 412 g/mol. The maximum absolute atomic E-state index is 5.73. The van der Waals surface area contributed by atoms with Gasteiger partial charge in [-0.1, -0.05) is 64.7 Å². The number of rotatable bonds is 9. The maximum atomic E-state index is 5.73. The lowest BCUT2D eigenvalue weighted by molar-refractivity contribution is 0.274. The van der Waals surface area contributed by atoms with E-state index in [1.54, 1.807) is 7.11 Å². The number of nitrogens with zero attached hydrogens (tertiary/aromatic N) is 1. The van der Waals surface area contributed by atoms with Crippen molar-refractivity contribution >= 4 is 23.1 Å². The monoisotopic (exact) mass is 411 g/mol. The number of para-hydroxylation sites is 1. The van der Waals surface area contributed by atoms with Crippen LogP contribution in [0.5, 0.6) is 5.75 Å². The quantitative estimate of drug-likeness (QED) is 0.416. The Hall–Kier alpha value is -1.61. The van der Waals surface area contributed by atoms with Crippen LogP contribution in [0.3, 0.4) is 0 Å². The molecule has 0 N–H and O–H groups in total. The average Bonchev–Trinajstić information content (AvgIpc) is 2.93. The zero-order valence-electron chi connectivity index (χ0n) is 18.7. The molecule has 0 fully saturated rings. The summed E-state index contributed by atoms with van der Waals surface area (Å²) in [6.07, 6.45) is 8.77. The van der Waals surface area contributed by atoms with E-state index in [-0.39, 0.29) is 0 Å². The van der Waals surface area contributed by atoms with Crippen molar-refractivity contribution in [2.24, 2.45) is 5.41 Å². The second kappa shape index (κ2) is 10.4. The standard InChI is InChI=1S/C26H37NOS/c1-5-8-15-26(16-9-6-2)19-27(22-13-11-10-12-14-22)23-17-21(7-3)24(28-4)18-25(23)29-20-26/h10-14,17-18H,5-9,15-16,19-20H2,1-4H3. The van der Waals surface area contributed by atoms with Crippen LogP contribution in [0.4, 0.5) is 11.4 Å². The van der Waals surface area contributed by atoms with Gasteiger partial charge in [0, 0.05) is 22.9 Å². The van der Waals surface area contributed by atoms with Crippen molar-refractivity contribution < 1.29 is 4.74 Å². The number of methoxy groups -OCH3 is 1. The van der Waals surface area contributed by atoms with E-state index in [0.29, 0.717) is 5.41 Å². The van der Waals surface area contributed by atoms with Crippen molar-refractivity contribution in [3.05, 3.63) is 48.0 Å². The zero-order valence-corrected chi connectivity index (χ0v) is 19.5. The number of thioether (sulfide) groups is 1. The Labute approximate surface area is 182 Å². The van der Waals surface area contributed by atoms with Crippen LogP contribution in [0, 0.1) is 5.41 Å². The molecule has 0 bridgehead atoms. The summed E-state index contributed by atoms with van der Waals surface area (Å²) in [5.74, 6) is 2.22. The fourth-order valence-corrected chi connectivity index (χ4v) is 5.80. The van der Waals surface area contributed by atoms with Crippen LogP contribution >= 0.6 is 11.8 Å². The molecule has 0 aliphatic carbocycles. The number of anilines is 2. The molecule has 2 nitrogen and oxygen atoms in total. The van der Waals surface area contributed by atoms with E-state index in [1.807, 2.05) is 11.8 Å². The molecular formula is C26H37NOS. The molecule has 0 amide bonds. The molecule has 0 unspecified atom stereocenters. The minimum absolute atomic E-state index is 0.352. The fourth-order valence-electron chi connectivity index (χ4n) is 4.45. The molecule has 0 saturated heterocycles. The van der Waals surface area contributed by atoms with Gasteiger partial charge in [0.2, 0.25) is 0 Å². The number of hydrogen-bond acceptors (Lipinski definition) is 3. The Morgan fingerprint density at radius 3 is 2.28 bits per heavy atom. The summed E-state index contributed by atoms with van der Waals surface area (Å²) in [4.78, 5) is 3.96. The highest BCUT2D eigenvalue weighted by atomic mass is 32.2. The van der Waals surface area contributed by atoms with Crippen molar-refractivity contribution in [3.63, 3.8) is 0 Å². The van der Waals surface area contributed by atoms with Crippen molar-refractivity contribution in [2.75, 3.05) is 24.3 Å². The first kappa shape index (κ1) is 22.1. The van der Waals surface area contributed by atoms with Crippen LogP contribution in [0.2, 0.25) is 0 Å². The smallest absolute Gasteiger partial charge is 0.123 e. The lowest BCUT2D eigenvalue weighted by Crippen LogP contribution is -2.36. The molecule has 29 heavy (non-hydrogen) atoms. The second-order valence-electron chi connectivity index (χ2n) is 8.40. The normalized spacial score (nSPS) is 15.7. The van der Waals surface area contributed by atoms with Crippen molar-refractivity contribution in [1.29, 1.82) is 0 Å². The first-order valence-electron chi connectivity index (χ1n) is 11.3. The Morgan fingerprint density at radius 2 is 1.69 bits per heavy atom.